The van der Waals surface area contributed by atoms with Gasteiger partial charge in [-0.15, -0.1) is 22.9 Å². The van der Waals surface area contributed by atoms with E-state index in [0.29, 0.717) is 10.8 Å². The first-order valence-electron chi connectivity index (χ1n) is 5.85. The summed E-state index contributed by atoms with van der Waals surface area (Å²) in [6.45, 7) is 0. The van der Waals surface area contributed by atoms with Gasteiger partial charge in [-0.25, -0.2) is 0 Å². The Labute approximate surface area is 129 Å². The van der Waals surface area contributed by atoms with Crippen molar-refractivity contribution >= 4 is 44.8 Å². The summed E-state index contributed by atoms with van der Waals surface area (Å²) < 4.78 is 0.947. The van der Waals surface area contributed by atoms with Gasteiger partial charge in [0.05, 0.1) is 8.66 Å². The van der Waals surface area contributed by atoms with Crippen LogP contribution < -0.4 is 5.32 Å². The molecule has 0 radical (unpaired) electrons. The largest absolute Gasteiger partial charge is 0.347 e. The highest BCUT2D eigenvalue weighted by Crippen LogP contribution is 2.22. The van der Waals surface area contributed by atoms with Crippen molar-refractivity contribution in [1.82, 2.24) is 5.32 Å². The van der Waals surface area contributed by atoms with E-state index in [0.717, 1.165) is 10.2 Å². The summed E-state index contributed by atoms with van der Waals surface area (Å²) in [6.07, 6.45) is 0.739. The van der Waals surface area contributed by atoms with Crippen LogP contribution in [0.5, 0.6) is 0 Å². The highest BCUT2D eigenvalue weighted by atomic mass is 79.9. The van der Waals surface area contributed by atoms with Crippen molar-refractivity contribution in [3.8, 4) is 0 Å². The van der Waals surface area contributed by atoms with E-state index < -0.39 is 0 Å². The number of benzene rings is 1. The van der Waals surface area contributed by atoms with Crippen LogP contribution in [0.4, 0.5) is 0 Å². The minimum Gasteiger partial charge on any atom is -0.347 e. The van der Waals surface area contributed by atoms with E-state index in [1.807, 2.05) is 36.4 Å². The molecule has 19 heavy (non-hydrogen) atoms. The zero-order valence-corrected chi connectivity index (χ0v) is 13.3. The molecule has 1 atom stereocenters. The molecular formula is C14H13BrClNOS. The predicted molar refractivity (Wildman–Crippen MR) is 84.1 cm³/mol. The average Bonchev–Trinajstić information content (AvgIpc) is 2.86. The Morgan fingerprint density at radius 3 is 2.58 bits per heavy atom. The second kappa shape index (κ2) is 7.08. The van der Waals surface area contributed by atoms with Gasteiger partial charge in [-0.3, -0.25) is 4.79 Å². The maximum atomic E-state index is 12.0. The Bertz CT molecular complexity index is 543. The Hall–Kier alpha value is -0.840. The van der Waals surface area contributed by atoms with E-state index in [1.54, 1.807) is 6.07 Å². The molecule has 1 unspecified atom stereocenters. The molecule has 1 aromatic heterocycles. The third kappa shape index (κ3) is 4.34. The van der Waals surface area contributed by atoms with Crippen LogP contribution in [0.15, 0.2) is 46.3 Å². The van der Waals surface area contributed by atoms with Crippen molar-refractivity contribution in [2.45, 2.75) is 12.5 Å². The number of amides is 1. The smallest absolute Gasteiger partial charge is 0.261 e. The highest BCUT2D eigenvalue weighted by molar-refractivity contribution is 9.11. The maximum absolute atomic E-state index is 12.0. The van der Waals surface area contributed by atoms with Crippen LogP contribution in [-0.2, 0) is 6.42 Å². The van der Waals surface area contributed by atoms with Crippen LogP contribution in [0.1, 0.15) is 15.2 Å². The van der Waals surface area contributed by atoms with Gasteiger partial charge in [0, 0.05) is 11.9 Å². The SMILES string of the molecule is O=C(NC(CCl)Cc1ccccc1)c1ccc(Br)s1. The van der Waals surface area contributed by atoms with Crippen molar-refractivity contribution in [1.29, 1.82) is 0 Å². The molecule has 1 N–H and O–H groups in total. The standard InChI is InChI=1S/C14H13BrClNOS/c15-13-7-6-12(19-13)14(18)17-11(9-16)8-10-4-2-1-3-5-10/h1-7,11H,8-9H2,(H,17,18). The number of hydrogen-bond donors (Lipinski definition) is 1. The molecule has 1 heterocycles. The summed E-state index contributed by atoms with van der Waals surface area (Å²) in [5.41, 5.74) is 1.17. The third-order valence-corrected chi connectivity index (χ3v) is 4.64. The maximum Gasteiger partial charge on any atom is 0.261 e. The molecule has 1 amide bonds. The number of carbonyl (C=O) groups is 1. The number of hydrogen-bond acceptors (Lipinski definition) is 2. The fourth-order valence-electron chi connectivity index (χ4n) is 1.74. The molecule has 0 aliphatic heterocycles. The first-order chi connectivity index (χ1) is 9.19. The Kier molecular flexibility index (Phi) is 5.43. The quantitative estimate of drug-likeness (QED) is 0.801. The predicted octanol–water partition coefficient (Wildman–Crippen LogP) is 4.09. The lowest BCUT2D eigenvalue weighted by Gasteiger charge is -2.15. The molecule has 0 aliphatic rings. The summed E-state index contributed by atoms with van der Waals surface area (Å²) in [7, 11) is 0. The van der Waals surface area contributed by atoms with Crippen LogP contribution in [0.25, 0.3) is 0 Å². The molecule has 0 aliphatic carbocycles. The topological polar surface area (TPSA) is 29.1 Å². The van der Waals surface area contributed by atoms with E-state index in [1.165, 1.54) is 16.9 Å². The first kappa shape index (κ1) is 14.6. The van der Waals surface area contributed by atoms with E-state index in [4.69, 9.17) is 11.6 Å². The Morgan fingerprint density at radius 2 is 2.00 bits per heavy atom. The van der Waals surface area contributed by atoms with Gasteiger partial charge >= 0.3 is 0 Å². The van der Waals surface area contributed by atoms with Gasteiger partial charge in [-0.05, 0) is 40.0 Å². The monoisotopic (exact) mass is 357 g/mol. The molecule has 2 nitrogen and oxygen atoms in total. The van der Waals surface area contributed by atoms with Crippen LogP contribution in [0, 0.1) is 0 Å². The van der Waals surface area contributed by atoms with Crippen molar-refractivity contribution in [2.75, 3.05) is 5.88 Å². The average molecular weight is 359 g/mol. The molecular weight excluding hydrogens is 346 g/mol. The molecule has 5 heteroatoms. The fraction of sp³-hybridized carbons (Fsp3) is 0.214. The number of carbonyl (C=O) groups excluding carboxylic acids is 1. The molecule has 0 spiro atoms. The van der Waals surface area contributed by atoms with Crippen LogP contribution in [0.3, 0.4) is 0 Å². The van der Waals surface area contributed by atoms with Crippen molar-refractivity contribution in [2.24, 2.45) is 0 Å². The number of thiophene rings is 1. The summed E-state index contributed by atoms with van der Waals surface area (Å²) in [4.78, 5) is 12.7. The molecule has 2 rings (SSSR count). The number of nitrogens with one attached hydrogen (secondary N) is 1. The van der Waals surface area contributed by atoms with Crippen LogP contribution in [-0.4, -0.2) is 17.8 Å². The zero-order valence-electron chi connectivity index (χ0n) is 10.1. The molecule has 0 saturated heterocycles. The molecule has 2 aromatic rings. The summed E-state index contributed by atoms with van der Waals surface area (Å²) in [5, 5.41) is 2.96. The van der Waals surface area contributed by atoms with E-state index in [-0.39, 0.29) is 11.9 Å². The van der Waals surface area contributed by atoms with Gasteiger partial charge in [0.2, 0.25) is 0 Å². The highest BCUT2D eigenvalue weighted by Gasteiger charge is 2.14. The lowest BCUT2D eigenvalue weighted by molar-refractivity contribution is 0.0944. The van der Waals surface area contributed by atoms with Gasteiger partial charge < -0.3 is 5.32 Å². The van der Waals surface area contributed by atoms with Crippen LogP contribution in [0.2, 0.25) is 0 Å². The second-order valence-electron chi connectivity index (χ2n) is 4.12. The Balaban J connectivity index is 1.97. The summed E-state index contributed by atoms with van der Waals surface area (Å²) in [6, 6.07) is 13.6. The molecule has 0 bridgehead atoms. The van der Waals surface area contributed by atoms with Gasteiger partial charge in [0.1, 0.15) is 0 Å². The van der Waals surface area contributed by atoms with E-state index in [2.05, 4.69) is 21.2 Å². The Morgan fingerprint density at radius 1 is 1.26 bits per heavy atom. The molecule has 100 valence electrons. The summed E-state index contributed by atoms with van der Waals surface area (Å²) >= 11 is 10.7. The third-order valence-electron chi connectivity index (χ3n) is 2.64. The minimum absolute atomic E-state index is 0.0579. The van der Waals surface area contributed by atoms with Crippen LogP contribution >= 0.6 is 38.9 Å². The van der Waals surface area contributed by atoms with Crippen molar-refractivity contribution in [3.05, 3.63) is 56.7 Å². The van der Waals surface area contributed by atoms with Crippen molar-refractivity contribution in [3.63, 3.8) is 0 Å². The van der Waals surface area contributed by atoms with E-state index in [9.17, 15) is 4.79 Å². The lowest BCUT2D eigenvalue weighted by atomic mass is 10.1. The number of rotatable bonds is 5. The van der Waals surface area contributed by atoms with Gasteiger partial charge in [-0.1, -0.05) is 30.3 Å². The van der Waals surface area contributed by atoms with Gasteiger partial charge in [0.25, 0.3) is 5.91 Å². The van der Waals surface area contributed by atoms with Crippen molar-refractivity contribution < 1.29 is 4.79 Å². The van der Waals surface area contributed by atoms with E-state index >= 15 is 0 Å². The molecule has 0 saturated carbocycles. The summed E-state index contributed by atoms with van der Waals surface area (Å²) in [5.74, 6) is 0.324. The zero-order chi connectivity index (χ0) is 13.7. The number of halogens is 2. The molecule has 0 fully saturated rings. The first-order valence-corrected chi connectivity index (χ1v) is 7.99. The lowest BCUT2D eigenvalue weighted by Crippen LogP contribution is -2.37. The van der Waals surface area contributed by atoms with Gasteiger partial charge in [-0.2, -0.15) is 0 Å². The normalized spacial score (nSPS) is 12.1. The molecule has 1 aromatic carbocycles. The minimum atomic E-state index is -0.0720. The fourth-order valence-corrected chi connectivity index (χ4v) is 3.21. The second-order valence-corrected chi connectivity index (χ2v) is 6.89. The number of alkyl halides is 1. The van der Waals surface area contributed by atoms with Gasteiger partial charge in [0.15, 0.2) is 0 Å².